The number of benzene rings is 1. The first-order valence-electron chi connectivity index (χ1n) is 4.43. The first-order valence-corrected chi connectivity index (χ1v) is 5.23. The molecule has 0 bridgehead atoms. The number of allylic oxidation sites excluding steroid dienone is 1. The Labute approximate surface area is 109 Å². The SMILES string of the molecule is N#CC(C#N)=Cc1c(Br)cccc1OC(F)(F)F. The second-order valence-corrected chi connectivity index (χ2v) is 3.84. The Morgan fingerprint density at radius 2 is 1.89 bits per heavy atom. The van der Waals surface area contributed by atoms with Gasteiger partial charge in [-0.2, -0.15) is 10.5 Å². The van der Waals surface area contributed by atoms with Crippen molar-refractivity contribution in [3.05, 3.63) is 33.8 Å². The maximum absolute atomic E-state index is 12.2. The number of nitriles is 2. The van der Waals surface area contributed by atoms with Gasteiger partial charge in [0.2, 0.25) is 0 Å². The van der Waals surface area contributed by atoms with Crippen LogP contribution in [0.5, 0.6) is 5.75 Å². The Morgan fingerprint density at radius 1 is 1.28 bits per heavy atom. The van der Waals surface area contributed by atoms with E-state index in [0.29, 0.717) is 0 Å². The van der Waals surface area contributed by atoms with Crippen molar-refractivity contribution in [3.63, 3.8) is 0 Å². The molecule has 0 heterocycles. The average Bonchev–Trinajstić information content (AvgIpc) is 2.27. The molecule has 0 aliphatic rings. The summed E-state index contributed by atoms with van der Waals surface area (Å²) >= 11 is 3.03. The molecule has 0 aliphatic carbocycles. The summed E-state index contributed by atoms with van der Waals surface area (Å²) in [5, 5.41) is 17.2. The predicted octanol–water partition coefficient (Wildman–Crippen LogP) is 3.78. The average molecular weight is 317 g/mol. The van der Waals surface area contributed by atoms with Gasteiger partial charge in [0.25, 0.3) is 0 Å². The van der Waals surface area contributed by atoms with Crippen LogP contribution >= 0.6 is 15.9 Å². The summed E-state index contributed by atoms with van der Waals surface area (Å²) in [6.45, 7) is 0. The maximum atomic E-state index is 12.2. The van der Waals surface area contributed by atoms with E-state index in [0.717, 1.165) is 12.1 Å². The van der Waals surface area contributed by atoms with Gasteiger partial charge in [0.15, 0.2) is 0 Å². The van der Waals surface area contributed by atoms with Gasteiger partial charge in [0, 0.05) is 10.0 Å². The Hall–Kier alpha value is -1.99. The van der Waals surface area contributed by atoms with E-state index in [1.165, 1.54) is 12.1 Å². The van der Waals surface area contributed by atoms with E-state index in [1.54, 1.807) is 12.1 Å². The van der Waals surface area contributed by atoms with Gasteiger partial charge in [0.05, 0.1) is 0 Å². The van der Waals surface area contributed by atoms with Crippen LogP contribution in [0.15, 0.2) is 28.2 Å². The molecule has 7 heteroatoms. The molecule has 0 saturated heterocycles. The molecule has 0 fully saturated rings. The zero-order valence-electron chi connectivity index (χ0n) is 8.62. The molecule has 0 N–H and O–H groups in total. The third-order valence-electron chi connectivity index (χ3n) is 1.77. The van der Waals surface area contributed by atoms with Crippen LogP contribution in [-0.4, -0.2) is 6.36 Å². The largest absolute Gasteiger partial charge is 0.573 e. The van der Waals surface area contributed by atoms with Gasteiger partial charge in [-0.25, -0.2) is 0 Å². The van der Waals surface area contributed by atoms with Gasteiger partial charge in [0.1, 0.15) is 23.5 Å². The number of hydrogen-bond acceptors (Lipinski definition) is 3. The van der Waals surface area contributed by atoms with Crippen LogP contribution in [0, 0.1) is 22.7 Å². The fraction of sp³-hybridized carbons (Fsp3) is 0.0909. The second-order valence-electron chi connectivity index (χ2n) is 2.98. The molecular weight excluding hydrogens is 313 g/mol. The molecule has 0 aromatic heterocycles. The first kappa shape index (κ1) is 14.1. The zero-order chi connectivity index (χ0) is 13.8. The molecule has 18 heavy (non-hydrogen) atoms. The highest BCUT2D eigenvalue weighted by Crippen LogP contribution is 2.32. The molecule has 1 rings (SSSR count). The summed E-state index contributed by atoms with van der Waals surface area (Å²) in [6, 6.07) is 7.04. The van der Waals surface area contributed by atoms with Gasteiger partial charge in [-0.05, 0) is 18.2 Å². The van der Waals surface area contributed by atoms with Crippen molar-refractivity contribution < 1.29 is 17.9 Å². The van der Waals surface area contributed by atoms with E-state index in [2.05, 4.69) is 20.7 Å². The molecule has 0 amide bonds. The quantitative estimate of drug-likeness (QED) is 0.780. The van der Waals surface area contributed by atoms with Gasteiger partial charge < -0.3 is 4.74 Å². The Morgan fingerprint density at radius 3 is 2.39 bits per heavy atom. The van der Waals surface area contributed by atoms with Gasteiger partial charge in [-0.3, -0.25) is 0 Å². The minimum atomic E-state index is -4.84. The lowest BCUT2D eigenvalue weighted by molar-refractivity contribution is -0.274. The van der Waals surface area contributed by atoms with Crippen molar-refractivity contribution in [3.8, 4) is 17.9 Å². The smallest absolute Gasteiger partial charge is 0.405 e. The first-order chi connectivity index (χ1) is 8.37. The topological polar surface area (TPSA) is 56.8 Å². The van der Waals surface area contributed by atoms with Crippen LogP contribution in [0.4, 0.5) is 13.2 Å². The Balaban J connectivity index is 3.31. The van der Waals surface area contributed by atoms with E-state index < -0.39 is 12.1 Å². The zero-order valence-corrected chi connectivity index (χ0v) is 10.2. The van der Waals surface area contributed by atoms with Gasteiger partial charge in [-0.15, -0.1) is 13.2 Å². The molecule has 1 aromatic carbocycles. The number of ether oxygens (including phenoxy) is 1. The Kier molecular flexibility index (Phi) is 4.35. The highest BCUT2D eigenvalue weighted by atomic mass is 79.9. The lowest BCUT2D eigenvalue weighted by Gasteiger charge is -2.12. The number of halogens is 4. The van der Waals surface area contributed by atoms with Crippen LogP contribution < -0.4 is 4.74 Å². The van der Waals surface area contributed by atoms with Gasteiger partial charge in [-0.1, -0.05) is 22.0 Å². The van der Waals surface area contributed by atoms with E-state index in [-0.39, 0.29) is 15.6 Å². The van der Waals surface area contributed by atoms with Crippen molar-refractivity contribution in [2.24, 2.45) is 0 Å². The normalized spacial score (nSPS) is 10.1. The van der Waals surface area contributed by atoms with E-state index in [9.17, 15) is 13.2 Å². The minimum Gasteiger partial charge on any atom is -0.405 e. The Bertz CT molecular complexity index is 551. The molecule has 0 spiro atoms. The third-order valence-corrected chi connectivity index (χ3v) is 2.46. The highest BCUT2D eigenvalue weighted by molar-refractivity contribution is 9.10. The second kappa shape index (κ2) is 5.56. The number of hydrogen-bond donors (Lipinski definition) is 0. The van der Waals surface area contributed by atoms with Crippen molar-refractivity contribution in [1.29, 1.82) is 10.5 Å². The van der Waals surface area contributed by atoms with Crippen LogP contribution in [0.3, 0.4) is 0 Å². The fourth-order valence-corrected chi connectivity index (χ4v) is 1.57. The van der Waals surface area contributed by atoms with Crippen LogP contribution in [0.1, 0.15) is 5.56 Å². The molecule has 0 atom stereocenters. The van der Waals surface area contributed by atoms with Crippen LogP contribution in [0.25, 0.3) is 6.08 Å². The summed E-state index contributed by atoms with van der Waals surface area (Å²) in [6.07, 6.45) is -3.83. The minimum absolute atomic E-state index is 0.0204. The lowest BCUT2D eigenvalue weighted by Crippen LogP contribution is -2.17. The maximum Gasteiger partial charge on any atom is 0.573 e. The molecule has 3 nitrogen and oxygen atoms in total. The molecular formula is C11H4BrF3N2O. The molecule has 0 unspecified atom stereocenters. The lowest BCUT2D eigenvalue weighted by atomic mass is 10.1. The molecule has 1 aromatic rings. The molecule has 0 radical (unpaired) electrons. The molecule has 0 aliphatic heterocycles. The third kappa shape index (κ3) is 3.79. The number of alkyl halides is 3. The van der Waals surface area contributed by atoms with Crippen LogP contribution in [0.2, 0.25) is 0 Å². The molecule has 0 saturated carbocycles. The standard InChI is InChI=1S/C11H4BrF3N2O/c12-9-2-1-3-10(18-11(13,14)15)8(9)4-7(5-16)6-17/h1-4H. The van der Waals surface area contributed by atoms with Gasteiger partial charge >= 0.3 is 6.36 Å². The summed E-state index contributed by atoms with van der Waals surface area (Å²) in [5.41, 5.74) is -0.346. The van der Waals surface area contributed by atoms with E-state index in [1.807, 2.05) is 0 Å². The number of nitrogens with zero attached hydrogens (tertiary/aromatic N) is 2. The van der Waals surface area contributed by atoms with Crippen molar-refractivity contribution in [2.75, 3.05) is 0 Å². The van der Waals surface area contributed by atoms with E-state index >= 15 is 0 Å². The highest BCUT2D eigenvalue weighted by Gasteiger charge is 2.32. The summed E-state index contributed by atoms with van der Waals surface area (Å²) < 4.78 is 40.6. The number of rotatable bonds is 2. The van der Waals surface area contributed by atoms with Crippen molar-refractivity contribution in [2.45, 2.75) is 6.36 Å². The summed E-state index contributed by atoms with van der Waals surface area (Å²) in [4.78, 5) is 0. The van der Waals surface area contributed by atoms with Crippen molar-refractivity contribution in [1.82, 2.24) is 0 Å². The van der Waals surface area contributed by atoms with Crippen molar-refractivity contribution >= 4 is 22.0 Å². The van der Waals surface area contributed by atoms with Crippen LogP contribution in [-0.2, 0) is 0 Å². The monoisotopic (exact) mass is 316 g/mol. The van der Waals surface area contributed by atoms with E-state index in [4.69, 9.17) is 10.5 Å². The fourth-order valence-electron chi connectivity index (χ4n) is 1.10. The summed E-state index contributed by atoms with van der Waals surface area (Å²) in [7, 11) is 0. The molecule has 92 valence electrons. The predicted molar refractivity (Wildman–Crippen MR) is 60.0 cm³/mol. The summed E-state index contributed by atoms with van der Waals surface area (Å²) in [5.74, 6) is -0.486.